The number of carboxylic acid groups (broad SMARTS) is 1. The van der Waals surface area contributed by atoms with Gasteiger partial charge in [-0.05, 0) is 38.5 Å². The Morgan fingerprint density at radius 3 is 2.63 bits per heavy atom. The monoisotopic (exact) mass is 441 g/mol. The number of hydrogen-bond acceptors (Lipinski definition) is 5. The van der Waals surface area contributed by atoms with Gasteiger partial charge in [-0.2, -0.15) is 0 Å². The minimum Gasteiger partial charge on any atom is -0.480 e. The minimum atomic E-state index is -1.03. The summed E-state index contributed by atoms with van der Waals surface area (Å²) in [5, 5.41) is 9.07. The van der Waals surface area contributed by atoms with Gasteiger partial charge in [0.05, 0.1) is 19.7 Å². The van der Waals surface area contributed by atoms with Gasteiger partial charge in [0.2, 0.25) is 0 Å². The van der Waals surface area contributed by atoms with Gasteiger partial charge in [0.25, 0.3) is 0 Å². The van der Waals surface area contributed by atoms with E-state index in [0.29, 0.717) is 19.5 Å². The van der Waals surface area contributed by atoms with Crippen molar-refractivity contribution in [3.05, 3.63) is 34.3 Å². The van der Waals surface area contributed by atoms with E-state index < -0.39 is 29.4 Å². The van der Waals surface area contributed by atoms with Gasteiger partial charge >= 0.3 is 12.1 Å². The highest BCUT2D eigenvalue weighted by molar-refractivity contribution is 9.10. The number of rotatable bonds is 4. The summed E-state index contributed by atoms with van der Waals surface area (Å²) < 4.78 is 18.1. The lowest BCUT2D eigenvalue weighted by Gasteiger charge is -2.47. The van der Waals surface area contributed by atoms with Crippen LogP contribution in [0.5, 0.6) is 0 Å². The Balaban J connectivity index is 1.74. The third-order valence-electron chi connectivity index (χ3n) is 4.65. The molecule has 148 valence electrons. The Kier molecular flexibility index (Phi) is 5.26. The number of hydrogen-bond donors (Lipinski definition) is 1. The van der Waals surface area contributed by atoms with E-state index in [2.05, 4.69) is 15.9 Å². The number of halogens is 1. The summed E-state index contributed by atoms with van der Waals surface area (Å²) in [7, 11) is 0. The Labute approximate surface area is 166 Å². The van der Waals surface area contributed by atoms with E-state index in [4.69, 9.17) is 19.3 Å². The third kappa shape index (κ3) is 4.44. The molecule has 2 fully saturated rings. The number of benzene rings is 1. The minimum absolute atomic E-state index is 0.235. The van der Waals surface area contributed by atoms with Gasteiger partial charge in [0.1, 0.15) is 23.4 Å². The molecule has 1 atom stereocenters. The topological polar surface area (TPSA) is 85.3 Å². The molecule has 7 nitrogen and oxygen atoms in total. The zero-order chi connectivity index (χ0) is 19.9. The number of carbonyl (C=O) groups excluding carboxylic acids is 1. The van der Waals surface area contributed by atoms with Gasteiger partial charge in [-0.15, -0.1) is 0 Å². The van der Waals surface area contributed by atoms with Crippen LogP contribution in [0.1, 0.15) is 32.8 Å². The van der Waals surface area contributed by atoms with Crippen molar-refractivity contribution in [3.63, 3.8) is 0 Å². The van der Waals surface area contributed by atoms with Crippen LogP contribution in [0.25, 0.3) is 0 Å². The molecule has 3 rings (SSSR count). The van der Waals surface area contributed by atoms with E-state index in [1.165, 1.54) is 0 Å². The van der Waals surface area contributed by atoms with Crippen LogP contribution in [0.4, 0.5) is 4.79 Å². The van der Waals surface area contributed by atoms with Crippen molar-refractivity contribution in [3.8, 4) is 0 Å². The SMILES string of the molecule is CC(C)(C)OC(=O)N1CC2(C1)CC(OCC(=O)O)(c1cccc(Br)c1)CO2. The summed E-state index contributed by atoms with van der Waals surface area (Å²) in [4.78, 5) is 24.9. The smallest absolute Gasteiger partial charge is 0.410 e. The standard InChI is InChI=1S/C19H24BrNO6/c1-17(2,3)27-16(24)21-10-18(11-21)9-19(12-26-18,25-8-15(22)23)13-5-4-6-14(20)7-13/h4-7H,8-12H2,1-3H3,(H,22,23). The highest BCUT2D eigenvalue weighted by atomic mass is 79.9. The van der Waals surface area contributed by atoms with Crippen LogP contribution in [-0.2, 0) is 24.6 Å². The first kappa shape index (κ1) is 20.1. The van der Waals surface area contributed by atoms with E-state index in [1.807, 2.05) is 45.0 Å². The second-order valence-electron chi connectivity index (χ2n) is 8.17. The van der Waals surface area contributed by atoms with E-state index in [0.717, 1.165) is 10.0 Å². The average Bonchev–Trinajstić information content (AvgIpc) is 2.91. The van der Waals surface area contributed by atoms with Crippen LogP contribution in [0.3, 0.4) is 0 Å². The molecule has 1 aromatic carbocycles. The first-order valence-electron chi connectivity index (χ1n) is 8.76. The van der Waals surface area contributed by atoms with E-state index in [1.54, 1.807) is 4.90 Å². The van der Waals surface area contributed by atoms with E-state index in [-0.39, 0.29) is 12.7 Å². The van der Waals surface area contributed by atoms with Crippen LogP contribution < -0.4 is 0 Å². The van der Waals surface area contributed by atoms with Crippen molar-refractivity contribution in [2.45, 2.75) is 44.0 Å². The predicted molar refractivity (Wildman–Crippen MR) is 101 cm³/mol. The van der Waals surface area contributed by atoms with Gasteiger partial charge < -0.3 is 24.2 Å². The van der Waals surface area contributed by atoms with Gasteiger partial charge in [-0.25, -0.2) is 9.59 Å². The molecular formula is C19H24BrNO6. The predicted octanol–water partition coefficient (Wildman–Crippen LogP) is 3.16. The summed E-state index contributed by atoms with van der Waals surface area (Å²) in [6.45, 7) is 6.09. The normalized spacial score (nSPS) is 23.9. The summed E-state index contributed by atoms with van der Waals surface area (Å²) in [6, 6.07) is 7.59. The molecule has 27 heavy (non-hydrogen) atoms. The molecule has 8 heteroatoms. The van der Waals surface area contributed by atoms with E-state index >= 15 is 0 Å². The molecule has 0 aliphatic carbocycles. The molecule has 0 bridgehead atoms. The van der Waals surface area contributed by atoms with Gasteiger partial charge in [0, 0.05) is 10.9 Å². The van der Waals surface area contributed by atoms with Crippen molar-refractivity contribution in [2.24, 2.45) is 0 Å². The second-order valence-corrected chi connectivity index (χ2v) is 9.09. The zero-order valence-corrected chi connectivity index (χ0v) is 17.2. The maximum Gasteiger partial charge on any atom is 0.410 e. The maximum atomic E-state index is 12.2. The van der Waals surface area contributed by atoms with E-state index in [9.17, 15) is 9.59 Å². The zero-order valence-electron chi connectivity index (χ0n) is 15.7. The lowest BCUT2D eigenvalue weighted by atomic mass is 9.81. The molecule has 1 unspecified atom stereocenters. The lowest BCUT2D eigenvalue weighted by molar-refractivity contribution is -0.150. The Hall–Kier alpha value is -1.64. The third-order valence-corrected chi connectivity index (χ3v) is 5.14. The lowest BCUT2D eigenvalue weighted by Crippen LogP contribution is -2.64. The number of likely N-dealkylation sites (tertiary alicyclic amines) is 1. The van der Waals surface area contributed by atoms with Crippen molar-refractivity contribution in [1.82, 2.24) is 4.90 Å². The maximum absolute atomic E-state index is 12.2. The fourth-order valence-corrected chi connectivity index (χ4v) is 3.93. The van der Waals surface area contributed by atoms with Gasteiger partial charge in [0.15, 0.2) is 0 Å². The molecule has 2 aliphatic rings. The largest absolute Gasteiger partial charge is 0.480 e. The summed E-state index contributed by atoms with van der Waals surface area (Å²) in [6.07, 6.45) is 0.103. The molecule has 1 amide bonds. The molecule has 2 saturated heterocycles. The van der Waals surface area contributed by atoms with Crippen molar-refractivity contribution >= 4 is 28.0 Å². The second kappa shape index (κ2) is 7.07. The van der Waals surface area contributed by atoms with Crippen LogP contribution in [0, 0.1) is 0 Å². The number of aliphatic carboxylic acids is 1. The highest BCUT2D eigenvalue weighted by Gasteiger charge is 2.58. The summed E-state index contributed by atoms with van der Waals surface area (Å²) >= 11 is 3.45. The number of carboxylic acids is 1. The molecule has 0 aromatic heterocycles. The van der Waals surface area contributed by atoms with Crippen molar-refractivity contribution in [2.75, 3.05) is 26.3 Å². The summed E-state index contributed by atoms with van der Waals surface area (Å²) in [5.41, 5.74) is -1.10. The molecule has 1 N–H and O–H groups in total. The Morgan fingerprint density at radius 1 is 1.33 bits per heavy atom. The molecule has 2 aliphatic heterocycles. The fraction of sp³-hybridized carbons (Fsp3) is 0.579. The van der Waals surface area contributed by atoms with Crippen molar-refractivity contribution in [1.29, 1.82) is 0 Å². The van der Waals surface area contributed by atoms with Crippen molar-refractivity contribution < 1.29 is 28.9 Å². The van der Waals surface area contributed by atoms with Crippen LogP contribution in [0.15, 0.2) is 28.7 Å². The van der Waals surface area contributed by atoms with Gasteiger partial charge in [-0.3, -0.25) is 0 Å². The number of amides is 1. The average molecular weight is 442 g/mol. The van der Waals surface area contributed by atoms with Crippen LogP contribution >= 0.6 is 15.9 Å². The number of ether oxygens (including phenoxy) is 3. The Morgan fingerprint density at radius 2 is 2.04 bits per heavy atom. The first-order valence-corrected chi connectivity index (χ1v) is 9.56. The summed E-state index contributed by atoms with van der Waals surface area (Å²) in [5.74, 6) is -1.03. The number of nitrogens with zero attached hydrogens (tertiary/aromatic N) is 1. The van der Waals surface area contributed by atoms with Gasteiger partial charge in [-0.1, -0.05) is 28.1 Å². The number of carbonyl (C=O) groups is 2. The molecule has 1 spiro atoms. The Bertz CT molecular complexity index is 740. The fourth-order valence-electron chi connectivity index (χ4n) is 3.53. The molecule has 0 radical (unpaired) electrons. The van der Waals surface area contributed by atoms with Crippen LogP contribution in [-0.4, -0.2) is 59.6 Å². The first-order chi connectivity index (χ1) is 12.5. The molecule has 2 heterocycles. The molecule has 1 aromatic rings. The quantitative estimate of drug-likeness (QED) is 0.771. The van der Waals surface area contributed by atoms with Crippen LogP contribution in [0.2, 0.25) is 0 Å². The molecule has 0 saturated carbocycles. The highest BCUT2D eigenvalue weighted by Crippen LogP contribution is 2.47. The molecular weight excluding hydrogens is 418 g/mol.